The lowest BCUT2D eigenvalue weighted by molar-refractivity contribution is -0.114. The van der Waals surface area contributed by atoms with Crippen LogP contribution in [0.4, 0.5) is 21.9 Å². The Bertz CT molecular complexity index is 1660. The number of hydrogen-bond acceptors (Lipinski definition) is 4. The van der Waals surface area contributed by atoms with Gasteiger partial charge in [-0.05, 0) is 47.2 Å². The first-order chi connectivity index (χ1) is 19.0. The van der Waals surface area contributed by atoms with Gasteiger partial charge in [0, 0.05) is 54.2 Å². The van der Waals surface area contributed by atoms with E-state index >= 15 is 0 Å². The van der Waals surface area contributed by atoms with Gasteiger partial charge >= 0.3 is 12.0 Å². The maximum Gasteiger partial charge on any atom is 0.354 e. The SMILES string of the molecule is Cn1c(C(C)(C)C)cc(NC(=O)Nc2ccc(C3=CC(=O)N(c4ccncc4)CC3)c3ccccc23)c1C(=O)O. The molecule has 0 aliphatic carbocycles. The Hall–Kier alpha value is -4.92. The number of carbonyl (C=O) groups is 3. The third kappa shape index (κ3) is 5.05. The summed E-state index contributed by atoms with van der Waals surface area (Å²) < 4.78 is 1.59. The van der Waals surface area contributed by atoms with Gasteiger partial charge in [0.2, 0.25) is 0 Å². The van der Waals surface area contributed by atoms with Gasteiger partial charge in [-0.2, -0.15) is 0 Å². The Kier molecular flexibility index (Phi) is 6.89. The highest BCUT2D eigenvalue weighted by Gasteiger charge is 2.27. The molecule has 0 spiro atoms. The van der Waals surface area contributed by atoms with Crippen LogP contribution < -0.4 is 15.5 Å². The van der Waals surface area contributed by atoms with Gasteiger partial charge in [0.05, 0.1) is 11.4 Å². The van der Waals surface area contributed by atoms with Crippen LogP contribution in [-0.2, 0) is 17.3 Å². The number of fused-ring (bicyclic) bond motifs is 1. The minimum atomic E-state index is -1.12. The Labute approximate surface area is 232 Å². The van der Waals surface area contributed by atoms with Gasteiger partial charge in [0.25, 0.3) is 5.91 Å². The van der Waals surface area contributed by atoms with Crippen molar-refractivity contribution in [1.29, 1.82) is 0 Å². The molecule has 40 heavy (non-hydrogen) atoms. The summed E-state index contributed by atoms with van der Waals surface area (Å²) in [6, 6.07) is 16.2. The molecule has 5 rings (SSSR count). The van der Waals surface area contributed by atoms with Gasteiger partial charge in [-0.3, -0.25) is 9.78 Å². The van der Waals surface area contributed by atoms with Crippen LogP contribution in [0.3, 0.4) is 0 Å². The first-order valence-electron chi connectivity index (χ1n) is 13.0. The molecule has 2 aromatic heterocycles. The van der Waals surface area contributed by atoms with Crippen LogP contribution in [0, 0.1) is 0 Å². The molecule has 3 N–H and O–H groups in total. The Morgan fingerprint density at radius 2 is 1.62 bits per heavy atom. The van der Waals surface area contributed by atoms with Gasteiger partial charge < -0.3 is 25.2 Å². The predicted octanol–water partition coefficient (Wildman–Crippen LogP) is 6.03. The van der Waals surface area contributed by atoms with Crippen LogP contribution in [0.25, 0.3) is 16.3 Å². The van der Waals surface area contributed by atoms with Crippen LogP contribution in [0.15, 0.2) is 73.1 Å². The number of rotatable bonds is 5. The van der Waals surface area contributed by atoms with Crippen LogP contribution >= 0.6 is 0 Å². The summed E-state index contributed by atoms with van der Waals surface area (Å²) >= 11 is 0. The minimum absolute atomic E-state index is 0.00925. The number of carbonyl (C=O) groups excluding carboxylic acids is 2. The van der Waals surface area contributed by atoms with E-state index in [-0.39, 0.29) is 22.7 Å². The normalized spacial score (nSPS) is 13.8. The summed E-state index contributed by atoms with van der Waals surface area (Å²) in [5, 5.41) is 17.1. The maximum atomic E-state index is 13.1. The van der Waals surface area contributed by atoms with Crippen molar-refractivity contribution in [2.24, 2.45) is 7.05 Å². The molecule has 0 atom stereocenters. The molecule has 0 saturated heterocycles. The van der Waals surface area contributed by atoms with Crippen molar-refractivity contribution in [3.05, 3.63) is 90.0 Å². The van der Waals surface area contributed by atoms with E-state index in [1.54, 1.807) is 41.1 Å². The number of nitrogens with zero attached hydrogens (tertiary/aromatic N) is 3. The molecule has 0 saturated carbocycles. The quantitative estimate of drug-likeness (QED) is 0.287. The van der Waals surface area contributed by atoms with Crippen LogP contribution in [0.1, 0.15) is 48.9 Å². The molecule has 0 bridgehead atoms. The number of carboxylic acids is 1. The van der Waals surface area contributed by atoms with Crippen LogP contribution in [0.5, 0.6) is 0 Å². The van der Waals surface area contributed by atoms with Gasteiger partial charge in [-0.1, -0.05) is 51.1 Å². The number of urea groups is 1. The zero-order chi connectivity index (χ0) is 28.6. The number of pyridine rings is 1. The third-order valence-corrected chi connectivity index (χ3v) is 7.11. The minimum Gasteiger partial charge on any atom is -0.477 e. The predicted molar refractivity (Wildman–Crippen MR) is 157 cm³/mol. The molecule has 2 aromatic carbocycles. The van der Waals surface area contributed by atoms with Gasteiger partial charge in [-0.25, -0.2) is 9.59 Å². The highest BCUT2D eigenvalue weighted by molar-refractivity contribution is 6.13. The summed E-state index contributed by atoms with van der Waals surface area (Å²) in [6.07, 6.45) is 5.68. The molecule has 204 valence electrons. The fraction of sp³-hybridized carbons (Fsp3) is 0.226. The number of aromatic nitrogens is 2. The molecular weight excluding hydrogens is 506 g/mol. The molecule has 3 heterocycles. The van der Waals surface area contributed by atoms with Gasteiger partial charge in [0.15, 0.2) is 5.69 Å². The summed E-state index contributed by atoms with van der Waals surface area (Å²) in [5.41, 5.74) is 3.94. The molecule has 3 amide bonds. The number of anilines is 3. The van der Waals surface area contributed by atoms with E-state index in [2.05, 4.69) is 15.6 Å². The Balaban J connectivity index is 1.42. The fourth-order valence-corrected chi connectivity index (χ4v) is 5.27. The summed E-state index contributed by atoms with van der Waals surface area (Å²) in [6.45, 7) is 6.50. The number of hydrogen-bond donors (Lipinski definition) is 3. The lowest BCUT2D eigenvalue weighted by Crippen LogP contribution is -2.33. The second kappa shape index (κ2) is 10.3. The highest BCUT2D eigenvalue weighted by Crippen LogP contribution is 2.35. The molecular formula is C31H31N5O4. The average Bonchev–Trinajstić information content (AvgIpc) is 3.25. The third-order valence-electron chi connectivity index (χ3n) is 7.11. The number of aromatic carboxylic acids is 1. The number of carboxylic acid groups (broad SMARTS) is 1. The molecule has 1 aliphatic rings. The van der Waals surface area contributed by atoms with E-state index < -0.39 is 12.0 Å². The summed E-state index contributed by atoms with van der Waals surface area (Å²) in [7, 11) is 1.68. The summed E-state index contributed by atoms with van der Waals surface area (Å²) in [5.74, 6) is -1.22. The van der Waals surface area contributed by atoms with Crippen molar-refractivity contribution < 1.29 is 19.5 Å². The first kappa shape index (κ1) is 26.7. The van der Waals surface area contributed by atoms with Crippen LogP contribution in [0.2, 0.25) is 0 Å². The molecule has 4 aromatic rings. The highest BCUT2D eigenvalue weighted by atomic mass is 16.4. The monoisotopic (exact) mass is 537 g/mol. The molecule has 1 aliphatic heterocycles. The summed E-state index contributed by atoms with van der Waals surface area (Å²) in [4.78, 5) is 43.8. The number of benzene rings is 2. The van der Waals surface area contributed by atoms with Crippen molar-refractivity contribution in [2.75, 3.05) is 22.1 Å². The van der Waals surface area contributed by atoms with E-state index in [1.165, 1.54) is 0 Å². The van der Waals surface area contributed by atoms with E-state index in [4.69, 9.17) is 0 Å². The van der Waals surface area contributed by atoms with Crippen molar-refractivity contribution in [3.63, 3.8) is 0 Å². The Morgan fingerprint density at radius 1 is 0.950 bits per heavy atom. The lowest BCUT2D eigenvalue weighted by atomic mass is 9.92. The fourth-order valence-electron chi connectivity index (χ4n) is 5.27. The van der Waals surface area contributed by atoms with Crippen molar-refractivity contribution in [2.45, 2.75) is 32.6 Å². The molecule has 9 nitrogen and oxygen atoms in total. The largest absolute Gasteiger partial charge is 0.477 e. The maximum absolute atomic E-state index is 13.1. The lowest BCUT2D eigenvalue weighted by Gasteiger charge is -2.27. The van der Waals surface area contributed by atoms with Crippen molar-refractivity contribution >= 4 is 51.3 Å². The molecule has 0 radical (unpaired) electrons. The average molecular weight is 538 g/mol. The number of amides is 3. The second-order valence-corrected chi connectivity index (χ2v) is 10.8. The molecule has 9 heteroatoms. The zero-order valence-electron chi connectivity index (χ0n) is 22.9. The van der Waals surface area contributed by atoms with Crippen LogP contribution in [-0.4, -0.2) is 39.1 Å². The van der Waals surface area contributed by atoms with Crippen molar-refractivity contribution in [1.82, 2.24) is 9.55 Å². The number of nitrogens with one attached hydrogen (secondary N) is 2. The van der Waals surface area contributed by atoms with E-state index in [0.717, 1.165) is 33.3 Å². The zero-order valence-corrected chi connectivity index (χ0v) is 22.9. The standard InChI is InChI=1S/C31H31N5O4/c1-31(2,3)26-18-25(28(29(38)39)35(26)4)34-30(40)33-24-10-9-21(22-7-5-6-8-23(22)24)19-13-16-36(27(37)17-19)20-11-14-32-15-12-20/h5-12,14-15,17-18H,13,16H2,1-4H3,(H,38,39)(H2,33,34,40). The molecule has 0 unspecified atom stereocenters. The Morgan fingerprint density at radius 3 is 2.27 bits per heavy atom. The molecule has 0 fully saturated rings. The van der Waals surface area contributed by atoms with E-state index in [1.807, 2.05) is 69.3 Å². The topological polar surface area (TPSA) is 117 Å². The van der Waals surface area contributed by atoms with Gasteiger partial charge in [0.1, 0.15) is 0 Å². The second-order valence-electron chi connectivity index (χ2n) is 10.8. The van der Waals surface area contributed by atoms with Gasteiger partial charge in [-0.15, -0.1) is 0 Å². The van der Waals surface area contributed by atoms with E-state index in [9.17, 15) is 19.5 Å². The smallest absolute Gasteiger partial charge is 0.354 e. The van der Waals surface area contributed by atoms with Crippen molar-refractivity contribution in [3.8, 4) is 0 Å². The van der Waals surface area contributed by atoms with E-state index in [0.29, 0.717) is 18.7 Å². The first-order valence-corrected chi connectivity index (χ1v) is 13.0.